The van der Waals surface area contributed by atoms with Gasteiger partial charge in [0.25, 0.3) is 5.91 Å². The molecule has 1 aromatic carbocycles. The van der Waals surface area contributed by atoms with Crippen molar-refractivity contribution >= 4 is 33.3 Å². The first-order chi connectivity index (χ1) is 11.5. The van der Waals surface area contributed by atoms with Crippen LogP contribution < -0.4 is 0 Å². The van der Waals surface area contributed by atoms with E-state index in [0.717, 1.165) is 17.5 Å². The molecule has 1 aromatic heterocycles. The molecule has 0 bridgehead atoms. The maximum Gasteiger partial charge on any atom is 0.303 e. The topological polar surface area (TPSA) is 57.6 Å². The summed E-state index contributed by atoms with van der Waals surface area (Å²) in [6.45, 7) is 3.06. The summed E-state index contributed by atoms with van der Waals surface area (Å²) >= 11 is 1.33. The molecule has 1 N–H and O–H groups in total. The van der Waals surface area contributed by atoms with Crippen molar-refractivity contribution in [2.75, 3.05) is 13.1 Å². The van der Waals surface area contributed by atoms with Gasteiger partial charge in [-0.3, -0.25) is 9.59 Å². The molecule has 6 heteroatoms. The molecule has 24 heavy (non-hydrogen) atoms. The summed E-state index contributed by atoms with van der Waals surface area (Å²) in [5.74, 6) is -0.925. The maximum atomic E-state index is 14.0. The summed E-state index contributed by atoms with van der Waals surface area (Å²) in [6, 6.07) is 4.91. The van der Waals surface area contributed by atoms with Gasteiger partial charge in [0, 0.05) is 29.6 Å². The Bertz CT molecular complexity index is 786. The van der Waals surface area contributed by atoms with Crippen molar-refractivity contribution in [3.63, 3.8) is 0 Å². The summed E-state index contributed by atoms with van der Waals surface area (Å²) < 4.78 is 14.8. The van der Waals surface area contributed by atoms with Crippen LogP contribution in [0.25, 0.3) is 10.1 Å². The first kappa shape index (κ1) is 16.9. The summed E-state index contributed by atoms with van der Waals surface area (Å²) in [5.41, 5.74) is 0.700. The zero-order valence-corrected chi connectivity index (χ0v) is 14.4. The molecule has 1 saturated heterocycles. The molecule has 1 amide bonds. The zero-order chi connectivity index (χ0) is 17.3. The first-order valence-electron chi connectivity index (χ1n) is 8.16. The average Bonchev–Trinajstić information content (AvgIpc) is 2.91. The lowest BCUT2D eigenvalue weighted by Gasteiger charge is -2.32. The third kappa shape index (κ3) is 3.29. The number of carboxylic acid groups (broad SMARTS) is 1. The number of carbonyl (C=O) groups excluding carboxylic acids is 1. The molecule has 128 valence electrons. The van der Waals surface area contributed by atoms with Crippen LogP contribution in [0.3, 0.4) is 0 Å². The van der Waals surface area contributed by atoms with Gasteiger partial charge in [-0.25, -0.2) is 4.39 Å². The summed E-state index contributed by atoms with van der Waals surface area (Å²) in [7, 11) is 0. The molecular formula is C18H20FNO3S. The Morgan fingerprint density at radius 2 is 2.21 bits per heavy atom. The van der Waals surface area contributed by atoms with E-state index < -0.39 is 5.97 Å². The van der Waals surface area contributed by atoms with Gasteiger partial charge in [-0.1, -0.05) is 6.07 Å². The minimum Gasteiger partial charge on any atom is -0.481 e. The van der Waals surface area contributed by atoms with Gasteiger partial charge in [0.1, 0.15) is 5.82 Å². The molecule has 1 unspecified atom stereocenters. The number of aryl methyl sites for hydroxylation is 1. The van der Waals surface area contributed by atoms with E-state index in [0.29, 0.717) is 35.3 Å². The van der Waals surface area contributed by atoms with Gasteiger partial charge in [-0.2, -0.15) is 0 Å². The average molecular weight is 349 g/mol. The number of rotatable bonds is 4. The number of thiophene rings is 1. The van der Waals surface area contributed by atoms with Crippen LogP contribution in [0.5, 0.6) is 0 Å². The number of fused-ring (bicyclic) bond motifs is 1. The number of likely N-dealkylation sites (tertiary alicyclic amines) is 1. The molecule has 0 aliphatic carbocycles. The third-order valence-electron chi connectivity index (χ3n) is 4.67. The molecule has 0 radical (unpaired) electrons. The number of aliphatic carboxylic acids is 1. The van der Waals surface area contributed by atoms with E-state index in [1.54, 1.807) is 17.9 Å². The predicted octanol–water partition coefficient (Wildman–Crippen LogP) is 4.07. The van der Waals surface area contributed by atoms with Crippen LogP contribution in [0.2, 0.25) is 0 Å². The molecule has 1 fully saturated rings. The Balaban J connectivity index is 1.80. The van der Waals surface area contributed by atoms with E-state index >= 15 is 0 Å². The smallest absolute Gasteiger partial charge is 0.303 e. The van der Waals surface area contributed by atoms with Crippen molar-refractivity contribution in [1.82, 2.24) is 4.90 Å². The largest absolute Gasteiger partial charge is 0.481 e. The second kappa shape index (κ2) is 6.89. The number of carbonyl (C=O) groups is 2. The van der Waals surface area contributed by atoms with E-state index in [2.05, 4.69) is 0 Å². The van der Waals surface area contributed by atoms with Gasteiger partial charge in [-0.05, 0) is 49.8 Å². The fourth-order valence-corrected chi connectivity index (χ4v) is 4.60. The summed E-state index contributed by atoms with van der Waals surface area (Å²) in [6.07, 6.45) is 2.57. The van der Waals surface area contributed by atoms with Crippen LogP contribution in [0.15, 0.2) is 18.2 Å². The molecule has 4 nitrogen and oxygen atoms in total. The van der Waals surface area contributed by atoms with Crippen LogP contribution in [0, 0.1) is 18.7 Å². The molecule has 2 aromatic rings. The number of piperidine rings is 1. The van der Waals surface area contributed by atoms with Crippen molar-refractivity contribution in [3.05, 3.63) is 34.5 Å². The molecule has 3 rings (SSSR count). The van der Waals surface area contributed by atoms with Crippen molar-refractivity contribution < 1.29 is 19.1 Å². The SMILES string of the molecule is Cc1c(C(=O)N2CCCC(CCC(=O)O)C2)sc2cccc(F)c12. The molecule has 1 aliphatic rings. The number of benzene rings is 1. The van der Waals surface area contributed by atoms with E-state index in [-0.39, 0.29) is 24.1 Å². The lowest BCUT2D eigenvalue weighted by Crippen LogP contribution is -2.40. The van der Waals surface area contributed by atoms with Gasteiger partial charge in [0.05, 0.1) is 4.88 Å². The van der Waals surface area contributed by atoms with Crippen LogP contribution in [0.4, 0.5) is 4.39 Å². The van der Waals surface area contributed by atoms with Gasteiger partial charge in [-0.15, -0.1) is 11.3 Å². The van der Waals surface area contributed by atoms with Crippen LogP contribution in [0.1, 0.15) is 40.9 Å². The van der Waals surface area contributed by atoms with Gasteiger partial charge in [0.2, 0.25) is 0 Å². The van der Waals surface area contributed by atoms with Gasteiger partial charge >= 0.3 is 5.97 Å². The highest BCUT2D eigenvalue weighted by Gasteiger charge is 2.27. The minimum absolute atomic E-state index is 0.0619. The number of hydrogen-bond donors (Lipinski definition) is 1. The highest BCUT2D eigenvalue weighted by molar-refractivity contribution is 7.21. The summed E-state index contributed by atoms with van der Waals surface area (Å²) in [4.78, 5) is 26.0. The van der Waals surface area contributed by atoms with Crippen LogP contribution >= 0.6 is 11.3 Å². The monoisotopic (exact) mass is 349 g/mol. The van der Waals surface area contributed by atoms with E-state index in [1.807, 2.05) is 6.07 Å². The molecular weight excluding hydrogens is 329 g/mol. The molecule has 1 aliphatic heterocycles. The fraction of sp³-hybridized carbons (Fsp3) is 0.444. The number of halogens is 1. The number of nitrogens with zero attached hydrogens (tertiary/aromatic N) is 1. The Labute approximate surface area is 143 Å². The minimum atomic E-state index is -0.797. The van der Waals surface area contributed by atoms with Crippen molar-refractivity contribution in [3.8, 4) is 0 Å². The Hall–Kier alpha value is -1.95. The quantitative estimate of drug-likeness (QED) is 0.905. The number of carboxylic acids is 1. The third-order valence-corrected chi connectivity index (χ3v) is 5.91. The van der Waals surface area contributed by atoms with E-state index in [9.17, 15) is 14.0 Å². The molecule has 0 spiro atoms. The van der Waals surface area contributed by atoms with Gasteiger partial charge in [0.15, 0.2) is 0 Å². The number of amides is 1. The standard InChI is InChI=1S/C18H20FNO3S/c1-11-16-13(19)5-2-6-14(16)24-17(11)18(23)20-9-3-4-12(10-20)7-8-15(21)22/h2,5-6,12H,3-4,7-10H2,1H3,(H,21,22). The van der Waals surface area contributed by atoms with Crippen molar-refractivity contribution in [1.29, 1.82) is 0 Å². The normalized spacial score (nSPS) is 18.1. The maximum absolute atomic E-state index is 14.0. The number of hydrogen-bond acceptors (Lipinski definition) is 3. The van der Waals surface area contributed by atoms with E-state index in [4.69, 9.17) is 5.11 Å². The Kier molecular flexibility index (Phi) is 4.85. The van der Waals surface area contributed by atoms with Crippen LogP contribution in [-0.4, -0.2) is 35.0 Å². The highest BCUT2D eigenvalue weighted by Crippen LogP contribution is 2.34. The molecule has 0 saturated carbocycles. The zero-order valence-electron chi connectivity index (χ0n) is 13.5. The lowest BCUT2D eigenvalue weighted by molar-refractivity contribution is -0.137. The molecule has 1 atom stereocenters. The highest BCUT2D eigenvalue weighted by atomic mass is 32.1. The second-order valence-electron chi connectivity index (χ2n) is 6.36. The fourth-order valence-electron chi connectivity index (χ4n) is 3.41. The van der Waals surface area contributed by atoms with E-state index in [1.165, 1.54) is 17.4 Å². The van der Waals surface area contributed by atoms with Crippen LogP contribution in [-0.2, 0) is 4.79 Å². The first-order valence-corrected chi connectivity index (χ1v) is 8.97. The lowest BCUT2D eigenvalue weighted by atomic mass is 9.93. The van der Waals surface area contributed by atoms with Gasteiger partial charge < -0.3 is 10.0 Å². The van der Waals surface area contributed by atoms with Crippen molar-refractivity contribution in [2.45, 2.75) is 32.6 Å². The Morgan fingerprint density at radius 3 is 2.92 bits per heavy atom. The molecule has 2 heterocycles. The Morgan fingerprint density at radius 1 is 1.42 bits per heavy atom. The van der Waals surface area contributed by atoms with Crippen molar-refractivity contribution in [2.24, 2.45) is 5.92 Å². The summed E-state index contributed by atoms with van der Waals surface area (Å²) in [5, 5.41) is 9.36. The predicted molar refractivity (Wildman–Crippen MR) is 92.0 cm³/mol. The second-order valence-corrected chi connectivity index (χ2v) is 7.41.